The maximum absolute atomic E-state index is 12.8. The molecule has 7 heteroatoms. The van der Waals surface area contributed by atoms with Crippen LogP contribution in [-0.2, 0) is 22.6 Å². The van der Waals surface area contributed by atoms with Gasteiger partial charge in [0.15, 0.2) is 0 Å². The summed E-state index contributed by atoms with van der Waals surface area (Å²) in [6.07, 6.45) is 5.42. The van der Waals surface area contributed by atoms with E-state index in [1.807, 2.05) is 41.8 Å². The molecule has 2 amide bonds. The fraction of sp³-hybridized carbons (Fsp3) is 0.417. The van der Waals surface area contributed by atoms with Gasteiger partial charge < -0.3 is 24.4 Å². The van der Waals surface area contributed by atoms with E-state index in [1.54, 1.807) is 19.4 Å². The summed E-state index contributed by atoms with van der Waals surface area (Å²) in [6.45, 7) is 3.01. The number of hydrogen-bond acceptors (Lipinski definition) is 4. The molecular formula is C24H29N3O4. The summed E-state index contributed by atoms with van der Waals surface area (Å²) in [7, 11) is 1.71. The zero-order chi connectivity index (χ0) is 21.8. The molecule has 2 aromatic heterocycles. The Bertz CT molecular complexity index is 1050. The van der Waals surface area contributed by atoms with Gasteiger partial charge >= 0.3 is 0 Å². The third-order valence-corrected chi connectivity index (χ3v) is 6.05. The fourth-order valence-corrected chi connectivity index (χ4v) is 4.39. The maximum atomic E-state index is 12.8. The number of aryl methyl sites for hydroxylation is 1. The predicted molar refractivity (Wildman–Crippen MR) is 119 cm³/mol. The number of aromatic nitrogens is 1. The minimum atomic E-state index is -0.159. The van der Waals surface area contributed by atoms with Crippen LogP contribution >= 0.6 is 0 Å². The third kappa shape index (κ3) is 4.66. The molecule has 0 aliphatic heterocycles. The molecule has 3 aromatic rings. The Morgan fingerprint density at radius 2 is 2.10 bits per heavy atom. The lowest BCUT2D eigenvalue weighted by atomic mass is 9.86. The van der Waals surface area contributed by atoms with Crippen LogP contribution in [-0.4, -0.2) is 29.6 Å². The Hall–Kier alpha value is -3.06. The van der Waals surface area contributed by atoms with Gasteiger partial charge in [0.1, 0.15) is 11.5 Å². The lowest BCUT2D eigenvalue weighted by Crippen LogP contribution is -2.30. The molecule has 1 aliphatic rings. The monoisotopic (exact) mass is 423 g/mol. The highest BCUT2D eigenvalue weighted by molar-refractivity contribution is 6.00. The van der Waals surface area contributed by atoms with Gasteiger partial charge in [-0.1, -0.05) is 6.42 Å². The highest BCUT2D eigenvalue weighted by Gasteiger charge is 2.27. The molecule has 1 aromatic carbocycles. The molecule has 1 saturated carbocycles. The van der Waals surface area contributed by atoms with Crippen LogP contribution in [0.4, 0.5) is 5.69 Å². The summed E-state index contributed by atoms with van der Waals surface area (Å²) >= 11 is 0. The summed E-state index contributed by atoms with van der Waals surface area (Å²) in [5, 5.41) is 6.87. The number of furan rings is 1. The Kier molecular flexibility index (Phi) is 6.42. The number of carbonyl (C=O) groups excluding carboxylic acids is 2. The molecule has 1 aliphatic carbocycles. The first-order chi connectivity index (χ1) is 15.1. The average molecular weight is 424 g/mol. The number of carbonyl (C=O) groups is 2. The zero-order valence-electron chi connectivity index (χ0n) is 18.0. The van der Waals surface area contributed by atoms with Crippen molar-refractivity contribution in [1.82, 2.24) is 9.88 Å². The summed E-state index contributed by atoms with van der Waals surface area (Å²) in [5.74, 6) is 0.550. The van der Waals surface area contributed by atoms with Crippen LogP contribution < -0.4 is 10.6 Å². The lowest BCUT2D eigenvalue weighted by molar-refractivity contribution is -0.122. The van der Waals surface area contributed by atoms with E-state index in [4.69, 9.17) is 9.15 Å². The number of ether oxygens (including phenoxy) is 1. The van der Waals surface area contributed by atoms with Gasteiger partial charge in [-0.15, -0.1) is 0 Å². The molecule has 4 rings (SSSR count). The summed E-state index contributed by atoms with van der Waals surface area (Å²) in [5.41, 5.74) is 2.29. The van der Waals surface area contributed by atoms with E-state index in [2.05, 4.69) is 10.6 Å². The number of hydrogen-bond donors (Lipinski definition) is 2. The first-order valence-corrected chi connectivity index (χ1v) is 10.9. The number of fused-ring (bicyclic) bond motifs is 1. The molecule has 31 heavy (non-hydrogen) atoms. The van der Waals surface area contributed by atoms with Crippen molar-refractivity contribution in [2.75, 3.05) is 12.4 Å². The second-order valence-corrected chi connectivity index (χ2v) is 8.02. The molecule has 0 bridgehead atoms. The highest BCUT2D eigenvalue weighted by atomic mass is 16.5. The van der Waals surface area contributed by atoms with Gasteiger partial charge in [-0.3, -0.25) is 9.59 Å². The molecule has 0 saturated heterocycles. The van der Waals surface area contributed by atoms with E-state index in [-0.39, 0.29) is 23.8 Å². The van der Waals surface area contributed by atoms with Crippen molar-refractivity contribution in [3.8, 4) is 0 Å². The van der Waals surface area contributed by atoms with Crippen molar-refractivity contribution >= 4 is 28.4 Å². The molecule has 0 radical (unpaired) electrons. The molecule has 2 N–H and O–H groups in total. The Morgan fingerprint density at radius 1 is 1.23 bits per heavy atom. The summed E-state index contributed by atoms with van der Waals surface area (Å²) in [4.78, 5) is 25.5. The maximum Gasteiger partial charge on any atom is 0.268 e. The number of rotatable bonds is 7. The van der Waals surface area contributed by atoms with E-state index in [9.17, 15) is 9.59 Å². The predicted octanol–water partition coefficient (Wildman–Crippen LogP) is 4.33. The first-order valence-electron chi connectivity index (χ1n) is 10.9. The normalized spacial score (nSPS) is 18.8. The van der Waals surface area contributed by atoms with E-state index >= 15 is 0 Å². The number of nitrogens with one attached hydrogen (secondary N) is 2. The lowest BCUT2D eigenvalue weighted by Gasteiger charge is -2.27. The van der Waals surface area contributed by atoms with Crippen molar-refractivity contribution in [1.29, 1.82) is 0 Å². The minimum Gasteiger partial charge on any atom is -0.467 e. The minimum absolute atomic E-state index is 0.0300. The van der Waals surface area contributed by atoms with E-state index in [0.29, 0.717) is 24.5 Å². The molecule has 164 valence electrons. The number of nitrogens with zero attached hydrogens (tertiary/aromatic N) is 1. The van der Waals surface area contributed by atoms with Crippen molar-refractivity contribution in [3.63, 3.8) is 0 Å². The van der Waals surface area contributed by atoms with Gasteiger partial charge in [-0.25, -0.2) is 0 Å². The van der Waals surface area contributed by atoms with Crippen LogP contribution in [0, 0.1) is 5.92 Å². The standard InChI is InChI=1S/C24H29N3O4/c1-3-27-21-10-9-18(26-23(28)16-6-4-7-19(13-16)30-2)12-17(21)14-22(27)24(29)25-15-20-8-5-11-31-20/h5,8-12,14,16,19H,3-4,6-7,13,15H2,1-2H3,(H,25,29)(H,26,28). The molecule has 7 nitrogen and oxygen atoms in total. The number of amides is 2. The molecular weight excluding hydrogens is 394 g/mol. The van der Waals surface area contributed by atoms with E-state index in [0.717, 1.165) is 42.3 Å². The van der Waals surface area contributed by atoms with Gasteiger partial charge in [0.25, 0.3) is 5.91 Å². The topological polar surface area (TPSA) is 85.5 Å². The molecule has 2 atom stereocenters. The van der Waals surface area contributed by atoms with E-state index in [1.165, 1.54) is 0 Å². The zero-order valence-corrected chi connectivity index (χ0v) is 18.0. The number of benzene rings is 1. The van der Waals surface area contributed by atoms with Crippen LogP contribution in [0.3, 0.4) is 0 Å². The number of methoxy groups -OCH3 is 1. The van der Waals surface area contributed by atoms with E-state index < -0.39 is 0 Å². The summed E-state index contributed by atoms with van der Waals surface area (Å²) in [6, 6.07) is 11.3. The second kappa shape index (κ2) is 9.39. The molecule has 1 fully saturated rings. The Balaban J connectivity index is 1.49. The fourth-order valence-electron chi connectivity index (χ4n) is 4.39. The van der Waals surface area contributed by atoms with Gasteiger partial charge in [0.05, 0.1) is 18.9 Å². The largest absolute Gasteiger partial charge is 0.467 e. The number of anilines is 1. The van der Waals surface area contributed by atoms with Gasteiger partial charge in [0.2, 0.25) is 5.91 Å². The quantitative estimate of drug-likeness (QED) is 0.592. The van der Waals surface area contributed by atoms with Crippen molar-refractivity contribution in [3.05, 3.63) is 54.1 Å². The van der Waals surface area contributed by atoms with Crippen molar-refractivity contribution < 1.29 is 18.7 Å². The van der Waals surface area contributed by atoms with Gasteiger partial charge in [-0.2, -0.15) is 0 Å². The van der Waals surface area contributed by atoms with Crippen LogP contribution in [0.5, 0.6) is 0 Å². The molecule has 0 spiro atoms. The Morgan fingerprint density at radius 3 is 2.84 bits per heavy atom. The average Bonchev–Trinajstić information content (AvgIpc) is 3.44. The van der Waals surface area contributed by atoms with Crippen molar-refractivity contribution in [2.24, 2.45) is 5.92 Å². The molecule has 2 unspecified atom stereocenters. The van der Waals surface area contributed by atoms with Crippen LogP contribution in [0.15, 0.2) is 47.1 Å². The van der Waals surface area contributed by atoms with Crippen LogP contribution in [0.25, 0.3) is 10.9 Å². The highest BCUT2D eigenvalue weighted by Crippen LogP contribution is 2.28. The second-order valence-electron chi connectivity index (χ2n) is 8.02. The van der Waals surface area contributed by atoms with Crippen LogP contribution in [0.1, 0.15) is 48.9 Å². The SMILES string of the molecule is CCn1c(C(=O)NCc2ccco2)cc2cc(NC(=O)C3CCCC(OC)C3)ccc21. The van der Waals surface area contributed by atoms with Crippen molar-refractivity contribution in [2.45, 2.75) is 51.8 Å². The third-order valence-electron chi connectivity index (χ3n) is 6.05. The smallest absolute Gasteiger partial charge is 0.268 e. The first kappa shape index (κ1) is 21.2. The summed E-state index contributed by atoms with van der Waals surface area (Å²) < 4.78 is 12.7. The van der Waals surface area contributed by atoms with Crippen LogP contribution in [0.2, 0.25) is 0 Å². The molecule has 2 heterocycles. The Labute approximate surface area is 181 Å². The van der Waals surface area contributed by atoms with Gasteiger partial charge in [0, 0.05) is 36.2 Å². The van der Waals surface area contributed by atoms with Gasteiger partial charge in [-0.05, 0) is 62.6 Å².